The Labute approximate surface area is 135 Å². The number of methoxy groups -OCH3 is 2. The molecule has 1 heterocycles. The normalized spacial score (nSPS) is 11.4. The first-order chi connectivity index (χ1) is 11.1. The van der Waals surface area contributed by atoms with Crippen LogP contribution in [0.15, 0.2) is 42.7 Å². The van der Waals surface area contributed by atoms with Gasteiger partial charge in [0.25, 0.3) is 0 Å². The van der Waals surface area contributed by atoms with E-state index in [1.54, 1.807) is 32.7 Å². The molecule has 6 heteroatoms. The fraction of sp³-hybridized carbons (Fsp3) is 0.294. The number of amides is 2. The van der Waals surface area contributed by atoms with E-state index in [9.17, 15) is 4.79 Å². The maximum absolute atomic E-state index is 12.0. The third kappa shape index (κ3) is 4.60. The van der Waals surface area contributed by atoms with Gasteiger partial charge in [0.2, 0.25) is 0 Å². The van der Waals surface area contributed by atoms with Crippen molar-refractivity contribution in [1.29, 1.82) is 0 Å². The fourth-order valence-corrected chi connectivity index (χ4v) is 2.18. The summed E-state index contributed by atoms with van der Waals surface area (Å²) in [7, 11) is 3.19. The van der Waals surface area contributed by atoms with Crippen molar-refractivity contribution in [2.75, 3.05) is 14.2 Å². The number of ether oxygens (including phenoxy) is 2. The Hall–Kier alpha value is -2.76. The minimum atomic E-state index is -0.243. The molecule has 2 aromatic rings. The van der Waals surface area contributed by atoms with Crippen LogP contribution in [-0.4, -0.2) is 25.2 Å². The van der Waals surface area contributed by atoms with Gasteiger partial charge in [-0.05, 0) is 36.8 Å². The smallest absolute Gasteiger partial charge is 0.315 e. The lowest BCUT2D eigenvalue weighted by Crippen LogP contribution is -2.36. The Kier molecular flexibility index (Phi) is 5.80. The quantitative estimate of drug-likeness (QED) is 0.859. The number of hydrogen-bond acceptors (Lipinski definition) is 4. The molecule has 1 atom stereocenters. The van der Waals surface area contributed by atoms with Gasteiger partial charge in [0.15, 0.2) is 0 Å². The largest absolute Gasteiger partial charge is 0.497 e. The number of rotatable bonds is 6. The Morgan fingerprint density at radius 2 is 1.91 bits per heavy atom. The highest BCUT2D eigenvalue weighted by Gasteiger charge is 2.14. The minimum Gasteiger partial charge on any atom is -0.497 e. The van der Waals surface area contributed by atoms with Gasteiger partial charge >= 0.3 is 6.03 Å². The molecule has 0 aliphatic heterocycles. The second-order valence-electron chi connectivity index (χ2n) is 5.01. The van der Waals surface area contributed by atoms with E-state index in [2.05, 4.69) is 15.6 Å². The van der Waals surface area contributed by atoms with E-state index >= 15 is 0 Å². The second-order valence-corrected chi connectivity index (χ2v) is 5.01. The van der Waals surface area contributed by atoms with E-state index in [1.807, 2.05) is 31.2 Å². The molecular formula is C17H21N3O3. The molecule has 2 amide bonds. The molecule has 0 aliphatic rings. The highest BCUT2D eigenvalue weighted by molar-refractivity contribution is 5.74. The molecule has 0 spiro atoms. The lowest BCUT2D eigenvalue weighted by Gasteiger charge is -2.18. The molecule has 0 bridgehead atoms. The van der Waals surface area contributed by atoms with Crippen molar-refractivity contribution in [2.45, 2.75) is 19.5 Å². The molecule has 0 saturated carbocycles. The molecule has 0 aliphatic carbocycles. The van der Waals surface area contributed by atoms with Crippen molar-refractivity contribution in [3.63, 3.8) is 0 Å². The number of aromatic nitrogens is 1. The zero-order chi connectivity index (χ0) is 16.7. The van der Waals surface area contributed by atoms with Crippen molar-refractivity contribution in [3.05, 3.63) is 53.9 Å². The summed E-state index contributed by atoms with van der Waals surface area (Å²) in [4.78, 5) is 16.0. The van der Waals surface area contributed by atoms with Gasteiger partial charge in [0.05, 0.1) is 20.3 Å². The standard InChI is InChI=1S/C17H21N3O3/c1-12(15-5-4-14(22-2)10-16(15)23-3)20-17(21)19-11-13-6-8-18-9-7-13/h4-10,12H,11H2,1-3H3,(H2,19,20,21). The number of nitrogens with zero attached hydrogens (tertiary/aromatic N) is 1. The highest BCUT2D eigenvalue weighted by Crippen LogP contribution is 2.29. The van der Waals surface area contributed by atoms with Crippen molar-refractivity contribution in [2.24, 2.45) is 0 Å². The average Bonchev–Trinajstić information content (AvgIpc) is 2.60. The average molecular weight is 315 g/mol. The molecular weight excluding hydrogens is 294 g/mol. The van der Waals surface area contributed by atoms with Crippen LogP contribution in [-0.2, 0) is 6.54 Å². The minimum absolute atomic E-state index is 0.201. The predicted octanol–water partition coefficient (Wildman–Crippen LogP) is 2.66. The molecule has 2 N–H and O–H groups in total. The van der Waals surface area contributed by atoms with Crippen LogP contribution >= 0.6 is 0 Å². The van der Waals surface area contributed by atoms with Crippen LogP contribution in [0.4, 0.5) is 4.79 Å². The predicted molar refractivity (Wildman–Crippen MR) is 87.6 cm³/mol. The second kappa shape index (κ2) is 8.03. The Morgan fingerprint density at radius 3 is 2.57 bits per heavy atom. The molecule has 1 aromatic heterocycles. The van der Waals surface area contributed by atoms with E-state index in [-0.39, 0.29) is 12.1 Å². The molecule has 2 rings (SSSR count). The van der Waals surface area contributed by atoms with Crippen LogP contribution in [0.3, 0.4) is 0 Å². The first-order valence-corrected chi connectivity index (χ1v) is 7.29. The highest BCUT2D eigenvalue weighted by atomic mass is 16.5. The van der Waals surface area contributed by atoms with Gasteiger partial charge in [0.1, 0.15) is 11.5 Å². The van der Waals surface area contributed by atoms with E-state index in [0.717, 1.165) is 11.1 Å². The van der Waals surface area contributed by atoms with Crippen molar-refractivity contribution in [1.82, 2.24) is 15.6 Å². The molecule has 0 saturated heterocycles. The summed E-state index contributed by atoms with van der Waals surface area (Å²) in [5.74, 6) is 1.38. The number of hydrogen-bond donors (Lipinski definition) is 2. The fourth-order valence-electron chi connectivity index (χ4n) is 2.18. The SMILES string of the molecule is COc1ccc(C(C)NC(=O)NCc2ccncc2)c(OC)c1. The van der Waals surface area contributed by atoms with E-state index in [0.29, 0.717) is 18.0 Å². The number of carbonyl (C=O) groups is 1. The Balaban J connectivity index is 1.95. The summed E-state index contributed by atoms with van der Waals surface area (Å²) in [5.41, 5.74) is 1.87. The molecule has 1 aromatic carbocycles. The Bertz CT molecular complexity index is 647. The molecule has 23 heavy (non-hydrogen) atoms. The third-order valence-electron chi connectivity index (χ3n) is 3.46. The van der Waals surface area contributed by atoms with Crippen LogP contribution in [0.25, 0.3) is 0 Å². The maximum Gasteiger partial charge on any atom is 0.315 e. The van der Waals surface area contributed by atoms with E-state index in [1.165, 1.54) is 0 Å². The maximum atomic E-state index is 12.0. The summed E-state index contributed by atoms with van der Waals surface area (Å²) in [6.45, 7) is 2.34. The van der Waals surface area contributed by atoms with Crippen LogP contribution in [0.1, 0.15) is 24.1 Å². The van der Waals surface area contributed by atoms with Gasteiger partial charge in [-0.2, -0.15) is 0 Å². The summed E-state index contributed by atoms with van der Waals surface area (Å²) in [6.07, 6.45) is 3.39. The van der Waals surface area contributed by atoms with Crippen molar-refractivity contribution >= 4 is 6.03 Å². The zero-order valence-electron chi connectivity index (χ0n) is 13.5. The summed E-state index contributed by atoms with van der Waals surface area (Å²) in [5, 5.41) is 5.71. The number of carbonyl (C=O) groups excluding carboxylic acids is 1. The van der Waals surface area contributed by atoms with Crippen LogP contribution in [0.5, 0.6) is 11.5 Å². The third-order valence-corrected chi connectivity index (χ3v) is 3.46. The number of nitrogens with one attached hydrogen (secondary N) is 2. The van der Waals surface area contributed by atoms with E-state index in [4.69, 9.17) is 9.47 Å². The first kappa shape index (κ1) is 16.6. The summed E-state index contributed by atoms with van der Waals surface area (Å²) < 4.78 is 10.5. The lowest BCUT2D eigenvalue weighted by molar-refractivity contribution is 0.237. The number of pyridine rings is 1. The number of benzene rings is 1. The Morgan fingerprint density at radius 1 is 1.17 bits per heavy atom. The van der Waals surface area contributed by atoms with Gasteiger partial charge < -0.3 is 20.1 Å². The van der Waals surface area contributed by atoms with Gasteiger partial charge in [-0.25, -0.2) is 4.79 Å². The van der Waals surface area contributed by atoms with Gasteiger partial charge in [-0.1, -0.05) is 0 Å². The van der Waals surface area contributed by atoms with Crippen molar-refractivity contribution in [3.8, 4) is 11.5 Å². The molecule has 6 nitrogen and oxygen atoms in total. The van der Waals surface area contributed by atoms with Gasteiger partial charge in [-0.15, -0.1) is 0 Å². The van der Waals surface area contributed by atoms with Crippen LogP contribution < -0.4 is 20.1 Å². The van der Waals surface area contributed by atoms with Gasteiger partial charge in [-0.3, -0.25) is 4.98 Å². The summed E-state index contributed by atoms with van der Waals surface area (Å²) >= 11 is 0. The molecule has 122 valence electrons. The zero-order valence-corrected chi connectivity index (χ0v) is 13.5. The molecule has 1 unspecified atom stereocenters. The molecule has 0 radical (unpaired) electrons. The van der Waals surface area contributed by atoms with E-state index < -0.39 is 0 Å². The van der Waals surface area contributed by atoms with Crippen LogP contribution in [0.2, 0.25) is 0 Å². The van der Waals surface area contributed by atoms with Crippen molar-refractivity contribution < 1.29 is 14.3 Å². The molecule has 0 fully saturated rings. The monoisotopic (exact) mass is 315 g/mol. The topological polar surface area (TPSA) is 72.5 Å². The number of urea groups is 1. The lowest BCUT2D eigenvalue weighted by atomic mass is 10.1. The first-order valence-electron chi connectivity index (χ1n) is 7.29. The summed E-state index contributed by atoms with van der Waals surface area (Å²) in [6, 6.07) is 8.78. The van der Waals surface area contributed by atoms with Gasteiger partial charge in [0, 0.05) is 30.6 Å². The van der Waals surface area contributed by atoms with Crippen LogP contribution in [0, 0.1) is 0 Å².